The van der Waals surface area contributed by atoms with Crippen LogP contribution >= 0.6 is 15.9 Å². The van der Waals surface area contributed by atoms with E-state index in [1.54, 1.807) is 18.3 Å². The minimum atomic E-state index is -0.325. The summed E-state index contributed by atoms with van der Waals surface area (Å²) in [5, 5.41) is 0. The third kappa shape index (κ3) is 3.05. The van der Waals surface area contributed by atoms with E-state index in [0.29, 0.717) is 16.1 Å². The average molecular weight is 311 g/mol. The minimum absolute atomic E-state index is 0.0656. The summed E-state index contributed by atoms with van der Waals surface area (Å²) in [6.45, 7) is 1.88. The van der Waals surface area contributed by atoms with Crippen LogP contribution in [-0.4, -0.2) is 4.98 Å². The number of nitrogens with zero attached hydrogens (tertiary/aromatic N) is 1. The molecule has 1 aromatic heterocycles. The first-order valence-electron chi connectivity index (χ1n) is 5.40. The monoisotopic (exact) mass is 310 g/mol. The van der Waals surface area contributed by atoms with Crippen molar-refractivity contribution >= 4 is 15.9 Å². The highest BCUT2D eigenvalue weighted by Crippen LogP contribution is 2.29. The molecule has 0 amide bonds. The molecule has 18 heavy (non-hydrogen) atoms. The molecule has 3 nitrogen and oxygen atoms in total. The number of hydrogen-bond donors (Lipinski definition) is 1. The number of benzene rings is 1. The number of pyridine rings is 1. The molecule has 0 saturated heterocycles. The molecule has 94 valence electrons. The van der Waals surface area contributed by atoms with Gasteiger partial charge in [-0.1, -0.05) is 6.07 Å². The van der Waals surface area contributed by atoms with Gasteiger partial charge in [-0.15, -0.1) is 0 Å². The summed E-state index contributed by atoms with van der Waals surface area (Å²) in [4.78, 5) is 4.14. The van der Waals surface area contributed by atoms with Crippen molar-refractivity contribution in [1.29, 1.82) is 0 Å². The standard InChI is InChI=1S/C13H12BrFN2O/c1-8(16)9-2-5-13(17-7-9)18-12-4-3-10(15)6-11(12)14/h2-8H,16H2,1H3/t8-/m1/s1. The van der Waals surface area contributed by atoms with E-state index < -0.39 is 0 Å². The van der Waals surface area contributed by atoms with Crippen molar-refractivity contribution in [1.82, 2.24) is 4.98 Å². The van der Waals surface area contributed by atoms with Crippen LogP contribution < -0.4 is 10.5 Å². The van der Waals surface area contributed by atoms with E-state index in [0.717, 1.165) is 5.56 Å². The molecule has 0 aliphatic carbocycles. The summed E-state index contributed by atoms with van der Waals surface area (Å²) in [7, 11) is 0. The molecule has 2 rings (SSSR count). The van der Waals surface area contributed by atoms with Crippen LogP contribution in [0, 0.1) is 5.82 Å². The number of hydrogen-bond acceptors (Lipinski definition) is 3. The van der Waals surface area contributed by atoms with Gasteiger partial charge in [0.2, 0.25) is 5.88 Å². The second-order valence-corrected chi connectivity index (χ2v) is 4.75. The summed E-state index contributed by atoms with van der Waals surface area (Å²) < 4.78 is 19.0. The molecule has 0 spiro atoms. The van der Waals surface area contributed by atoms with Crippen LogP contribution in [0.1, 0.15) is 18.5 Å². The van der Waals surface area contributed by atoms with E-state index in [1.807, 2.05) is 13.0 Å². The minimum Gasteiger partial charge on any atom is -0.438 e. The van der Waals surface area contributed by atoms with E-state index in [2.05, 4.69) is 20.9 Å². The Bertz CT molecular complexity index is 543. The second kappa shape index (κ2) is 5.46. The molecule has 0 fully saturated rings. The first kappa shape index (κ1) is 13.0. The van der Waals surface area contributed by atoms with Gasteiger partial charge >= 0.3 is 0 Å². The Morgan fingerprint density at radius 1 is 1.33 bits per heavy atom. The van der Waals surface area contributed by atoms with Crippen LogP contribution in [-0.2, 0) is 0 Å². The molecule has 0 unspecified atom stereocenters. The van der Waals surface area contributed by atoms with Gasteiger partial charge in [0.1, 0.15) is 11.6 Å². The number of rotatable bonds is 3. The predicted molar refractivity (Wildman–Crippen MR) is 71.0 cm³/mol. The SMILES string of the molecule is C[C@@H](N)c1ccc(Oc2ccc(F)cc2Br)nc1. The Morgan fingerprint density at radius 2 is 2.11 bits per heavy atom. The highest BCUT2D eigenvalue weighted by molar-refractivity contribution is 9.10. The number of aromatic nitrogens is 1. The van der Waals surface area contributed by atoms with Gasteiger partial charge in [-0.2, -0.15) is 0 Å². The Kier molecular flexibility index (Phi) is 3.93. The van der Waals surface area contributed by atoms with Crippen molar-refractivity contribution in [3.05, 3.63) is 52.4 Å². The van der Waals surface area contributed by atoms with Crippen molar-refractivity contribution in [3.8, 4) is 11.6 Å². The Morgan fingerprint density at radius 3 is 2.67 bits per heavy atom. The van der Waals surface area contributed by atoms with E-state index in [4.69, 9.17) is 10.5 Å². The summed E-state index contributed by atoms with van der Waals surface area (Å²) in [6, 6.07) is 7.73. The van der Waals surface area contributed by atoms with Gasteiger partial charge in [-0.05, 0) is 46.6 Å². The van der Waals surface area contributed by atoms with Crippen LogP contribution in [0.15, 0.2) is 41.0 Å². The zero-order valence-corrected chi connectivity index (χ0v) is 11.3. The van der Waals surface area contributed by atoms with Crippen molar-refractivity contribution in [2.24, 2.45) is 5.73 Å². The van der Waals surface area contributed by atoms with Gasteiger partial charge in [0.25, 0.3) is 0 Å². The van der Waals surface area contributed by atoms with Crippen molar-refractivity contribution < 1.29 is 9.13 Å². The normalized spacial score (nSPS) is 12.2. The van der Waals surface area contributed by atoms with Crippen LogP contribution in [0.4, 0.5) is 4.39 Å². The molecule has 1 heterocycles. The van der Waals surface area contributed by atoms with Crippen LogP contribution in [0.3, 0.4) is 0 Å². The topological polar surface area (TPSA) is 48.1 Å². The van der Waals surface area contributed by atoms with Crippen molar-refractivity contribution in [2.45, 2.75) is 13.0 Å². The molecule has 0 aliphatic heterocycles. The van der Waals surface area contributed by atoms with E-state index in [9.17, 15) is 4.39 Å². The molecule has 5 heteroatoms. The maximum atomic E-state index is 12.9. The van der Waals surface area contributed by atoms with Crippen LogP contribution in [0.2, 0.25) is 0 Å². The van der Waals surface area contributed by atoms with Gasteiger partial charge in [-0.25, -0.2) is 9.37 Å². The molecule has 2 aromatic rings. The lowest BCUT2D eigenvalue weighted by atomic mass is 10.2. The third-order valence-corrected chi connectivity index (χ3v) is 3.01. The Hall–Kier alpha value is -1.46. The number of ether oxygens (including phenoxy) is 1. The maximum Gasteiger partial charge on any atom is 0.219 e. The fraction of sp³-hybridized carbons (Fsp3) is 0.154. The largest absolute Gasteiger partial charge is 0.438 e. The summed E-state index contributed by atoms with van der Waals surface area (Å²) in [5.74, 6) is 0.624. The van der Waals surface area contributed by atoms with Crippen molar-refractivity contribution in [2.75, 3.05) is 0 Å². The number of halogens is 2. The lowest BCUT2D eigenvalue weighted by Gasteiger charge is -2.08. The summed E-state index contributed by atoms with van der Waals surface area (Å²) in [5.41, 5.74) is 6.66. The highest BCUT2D eigenvalue weighted by atomic mass is 79.9. The lowest BCUT2D eigenvalue weighted by Crippen LogP contribution is -2.05. The zero-order chi connectivity index (χ0) is 13.1. The van der Waals surface area contributed by atoms with Crippen LogP contribution in [0.5, 0.6) is 11.6 Å². The number of nitrogens with two attached hydrogens (primary N) is 1. The maximum absolute atomic E-state index is 12.9. The molecule has 0 saturated carbocycles. The molecule has 1 aromatic carbocycles. The van der Waals surface area contributed by atoms with Gasteiger partial charge in [0.15, 0.2) is 0 Å². The molecular weight excluding hydrogens is 299 g/mol. The fourth-order valence-electron chi connectivity index (χ4n) is 1.39. The fourth-order valence-corrected chi connectivity index (χ4v) is 1.82. The Balaban J connectivity index is 2.18. The lowest BCUT2D eigenvalue weighted by molar-refractivity contribution is 0.457. The van der Waals surface area contributed by atoms with Gasteiger partial charge in [0.05, 0.1) is 4.47 Å². The third-order valence-electron chi connectivity index (χ3n) is 2.39. The van der Waals surface area contributed by atoms with Gasteiger partial charge in [0, 0.05) is 18.3 Å². The summed E-state index contributed by atoms with van der Waals surface area (Å²) >= 11 is 3.23. The quantitative estimate of drug-likeness (QED) is 0.938. The predicted octanol–water partition coefficient (Wildman–Crippen LogP) is 3.80. The first-order chi connectivity index (χ1) is 8.56. The summed E-state index contributed by atoms with van der Waals surface area (Å²) in [6.07, 6.45) is 1.66. The van der Waals surface area contributed by atoms with Gasteiger partial charge in [-0.3, -0.25) is 0 Å². The van der Waals surface area contributed by atoms with Gasteiger partial charge < -0.3 is 10.5 Å². The molecule has 0 aliphatic rings. The van der Waals surface area contributed by atoms with Crippen molar-refractivity contribution in [3.63, 3.8) is 0 Å². The molecule has 1 atom stereocenters. The van der Waals surface area contributed by atoms with E-state index >= 15 is 0 Å². The van der Waals surface area contributed by atoms with E-state index in [-0.39, 0.29) is 11.9 Å². The highest BCUT2D eigenvalue weighted by Gasteiger charge is 2.06. The Labute approximate surface area is 113 Å². The smallest absolute Gasteiger partial charge is 0.219 e. The second-order valence-electron chi connectivity index (χ2n) is 3.90. The zero-order valence-electron chi connectivity index (χ0n) is 9.73. The van der Waals surface area contributed by atoms with Crippen LogP contribution in [0.25, 0.3) is 0 Å². The molecule has 0 radical (unpaired) electrons. The first-order valence-corrected chi connectivity index (χ1v) is 6.20. The average Bonchev–Trinajstić information content (AvgIpc) is 2.33. The molecular formula is C13H12BrFN2O. The van der Waals surface area contributed by atoms with E-state index in [1.165, 1.54) is 12.1 Å². The molecule has 0 bridgehead atoms. The molecule has 2 N–H and O–H groups in total.